The Kier molecular flexibility index (Phi) is 7.43. The Labute approximate surface area is 250 Å². The molecule has 3 aliphatic rings. The van der Waals surface area contributed by atoms with Gasteiger partial charge in [0.2, 0.25) is 11.9 Å². The zero-order chi connectivity index (χ0) is 30.5. The van der Waals surface area contributed by atoms with Crippen molar-refractivity contribution in [3.63, 3.8) is 0 Å². The fourth-order valence-electron chi connectivity index (χ4n) is 6.44. The maximum absolute atomic E-state index is 13.2. The average Bonchev–Trinajstić information content (AvgIpc) is 3.67. The van der Waals surface area contributed by atoms with Gasteiger partial charge in [-0.1, -0.05) is 12.8 Å². The monoisotopic (exact) mass is 589 g/mol. The van der Waals surface area contributed by atoms with E-state index >= 15 is 0 Å². The van der Waals surface area contributed by atoms with Crippen molar-refractivity contribution in [2.45, 2.75) is 89.4 Å². The summed E-state index contributed by atoms with van der Waals surface area (Å²) in [4.78, 5) is 53.3. The molecule has 2 aliphatic heterocycles. The molecular formula is C30H39N9O4. The van der Waals surface area contributed by atoms with Gasteiger partial charge in [-0.25, -0.2) is 9.78 Å². The molecule has 13 heteroatoms. The van der Waals surface area contributed by atoms with Crippen molar-refractivity contribution in [3.8, 4) is 0 Å². The number of nitrogens with one attached hydrogen (secondary N) is 1. The molecule has 1 saturated carbocycles. The van der Waals surface area contributed by atoms with Gasteiger partial charge in [-0.05, 0) is 64.7 Å². The maximum atomic E-state index is 13.2. The van der Waals surface area contributed by atoms with Gasteiger partial charge >= 0.3 is 6.09 Å². The van der Waals surface area contributed by atoms with Crippen LogP contribution in [0.2, 0.25) is 0 Å². The van der Waals surface area contributed by atoms with Crippen LogP contribution in [-0.4, -0.2) is 90.8 Å². The lowest BCUT2D eigenvalue weighted by Crippen LogP contribution is -2.45. The van der Waals surface area contributed by atoms with Gasteiger partial charge in [0.25, 0.3) is 5.91 Å². The maximum Gasteiger partial charge on any atom is 0.410 e. The molecule has 3 amide bonds. The second-order valence-electron chi connectivity index (χ2n) is 12.9. The van der Waals surface area contributed by atoms with Crippen molar-refractivity contribution >= 4 is 46.5 Å². The van der Waals surface area contributed by atoms with E-state index in [0.717, 1.165) is 43.9 Å². The van der Waals surface area contributed by atoms with Crippen molar-refractivity contribution in [1.29, 1.82) is 0 Å². The number of aromatic nitrogens is 5. The molecular weight excluding hydrogens is 550 g/mol. The Morgan fingerprint density at radius 2 is 1.77 bits per heavy atom. The van der Waals surface area contributed by atoms with Crippen LogP contribution in [0.3, 0.4) is 0 Å². The first-order valence-electron chi connectivity index (χ1n) is 15.0. The molecule has 1 aliphatic carbocycles. The third-order valence-electron chi connectivity index (χ3n) is 8.39. The summed E-state index contributed by atoms with van der Waals surface area (Å²) < 4.78 is 7.70. The summed E-state index contributed by atoms with van der Waals surface area (Å²) in [6.45, 7) is 5.86. The number of amides is 3. The number of carbonyl (C=O) groups is 3. The van der Waals surface area contributed by atoms with Gasteiger partial charge in [-0.15, -0.1) is 10.2 Å². The van der Waals surface area contributed by atoms with Crippen LogP contribution in [0.4, 0.5) is 22.4 Å². The first-order chi connectivity index (χ1) is 20.5. The molecule has 3 aromatic rings. The number of carbonyl (C=O) groups excluding carboxylic acids is 3. The summed E-state index contributed by atoms with van der Waals surface area (Å²) >= 11 is 0. The highest BCUT2D eigenvalue weighted by Gasteiger charge is 2.45. The van der Waals surface area contributed by atoms with E-state index in [1.165, 1.54) is 0 Å². The van der Waals surface area contributed by atoms with Crippen LogP contribution in [0.1, 0.15) is 82.2 Å². The first-order valence-corrected chi connectivity index (χ1v) is 15.0. The smallest absolute Gasteiger partial charge is 0.410 e. The summed E-state index contributed by atoms with van der Waals surface area (Å²) in [5.41, 5.74) is 0.711. The average molecular weight is 590 g/mol. The predicted octanol–water partition coefficient (Wildman–Crippen LogP) is 4.29. The zero-order valence-electron chi connectivity index (χ0n) is 25.4. The molecule has 3 aromatic heterocycles. The molecule has 6 rings (SSSR count). The molecule has 0 radical (unpaired) electrons. The van der Waals surface area contributed by atoms with Crippen LogP contribution < -0.4 is 10.2 Å². The van der Waals surface area contributed by atoms with Crippen molar-refractivity contribution < 1.29 is 19.1 Å². The van der Waals surface area contributed by atoms with E-state index in [4.69, 9.17) is 9.72 Å². The van der Waals surface area contributed by atoms with E-state index in [-0.39, 0.29) is 42.5 Å². The van der Waals surface area contributed by atoms with Crippen LogP contribution >= 0.6 is 0 Å². The molecule has 5 heterocycles. The highest BCUT2D eigenvalue weighted by atomic mass is 16.6. The highest BCUT2D eigenvalue weighted by molar-refractivity contribution is 5.98. The fourth-order valence-corrected chi connectivity index (χ4v) is 6.44. The standard InChI is InChI=1S/C30H39N9O4/c1-30(2,3)43-29(42)38-20-10-11-21(38)17-37(25(40)15-20)24-13-12-23(34-35-24)32-28-31-16-18-14-22(27(41)36(4)5)39(26(18)33-28)19-8-6-7-9-19/h12-14,16,19-21H,6-11,15,17H2,1-5H3,(H,31,32,33,34). The molecule has 0 spiro atoms. The van der Waals surface area contributed by atoms with Crippen LogP contribution in [-0.2, 0) is 9.53 Å². The molecule has 0 aromatic carbocycles. The Bertz CT molecular complexity index is 1540. The second kappa shape index (κ2) is 11.1. The Hall–Kier alpha value is -4.29. The summed E-state index contributed by atoms with van der Waals surface area (Å²) in [5.74, 6) is 1.02. The molecule has 1 N–H and O–H groups in total. The minimum atomic E-state index is -0.611. The highest BCUT2D eigenvalue weighted by Crippen LogP contribution is 2.36. The van der Waals surface area contributed by atoms with Gasteiger partial charge in [0.15, 0.2) is 11.6 Å². The molecule has 13 nitrogen and oxygen atoms in total. The van der Waals surface area contributed by atoms with Gasteiger partial charge in [-0.2, -0.15) is 4.98 Å². The number of anilines is 3. The van der Waals surface area contributed by atoms with Crippen molar-refractivity contribution in [2.75, 3.05) is 30.9 Å². The summed E-state index contributed by atoms with van der Waals surface area (Å²) in [5, 5.41) is 12.6. The summed E-state index contributed by atoms with van der Waals surface area (Å²) in [7, 11) is 3.50. The normalized spacial score (nSPS) is 20.9. The van der Waals surface area contributed by atoms with Crippen molar-refractivity contribution in [1.82, 2.24) is 34.5 Å². The second-order valence-corrected chi connectivity index (χ2v) is 12.9. The van der Waals surface area contributed by atoms with Crippen molar-refractivity contribution in [3.05, 3.63) is 30.1 Å². The quantitative estimate of drug-likeness (QED) is 0.462. The number of nitrogens with zero attached hydrogens (tertiary/aromatic N) is 8. The third-order valence-corrected chi connectivity index (χ3v) is 8.39. The van der Waals surface area contributed by atoms with E-state index in [2.05, 4.69) is 25.1 Å². The summed E-state index contributed by atoms with van der Waals surface area (Å²) in [6, 6.07) is 5.21. The third kappa shape index (κ3) is 5.72. The molecule has 2 unspecified atom stereocenters. The number of hydrogen-bond acceptors (Lipinski definition) is 9. The van der Waals surface area contributed by atoms with Crippen LogP contribution in [0.5, 0.6) is 0 Å². The molecule has 2 saturated heterocycles. The Morgan fingerprint density at radius 1 is 1.02 bits per heavy atom. The largest absolute Gasteiger partial charge is 0.444 e. The van der Waals surface area contributed by atoms with Gasteiger partial charge in [0.1, 0.15) is 16.9 Å². The predicted molar refractivity (Wildman–Crippen MR) is 160 cm³/mol. The molecule has 228 valence electrons. The molecule has 2 atom stereocenters. The Balaban J connectivity index is 1.21. The number of rotatable bonds is 5. The molecule has 43 heavy (non-hydrogen) atoms. The molecule has 3 fully saturated rings. The number of fused-ring (bicyclic) bond motifs is 3. The zero-order valence-corrected chi connectivity index (χ0v) is 25.4. The lowest BCUT2D eigenvalue weighted by molar-refractivity contribution is -0.119. The lowest BCUT2D eigenvalue weighted by Gasteiger charge is -2.31. The van der Waals surface area contributed by atoms with E-state index in [0.29, 0.717) is 35.5 Å². The van der Waals surface area contributed by atoms with Gasteiger partial charge in [0, 0.05) is 50.7 Å². The lowest BCUT2D eigenvalue weighted by atomic mass is 10.1. The first kappa shape index (κ1) is 28.8. The Morgan fingerprint density at radius 3 is 2.44 bits per heavy atom. The topological polar surface area (TPSA) is 139 Å². The minimum absolute atomic E-state index is 0.0636. The number of ether oxygens (including phenoxy) is 1. The van der Waals surface area contributed by atoms with E-state index in [9.17, 15) is 14.4 Å². The van der Waals surface area contributed by atoms with Crippen LogP contribution in [0.15, 0.2) is 24.4 Å². The molecule has 2 bridgehead atoms. The van der Waals surface area contributed by atoms with Gasteiger partial charge in [0.05, 0.1) is 6.04 Å². The van der Waals surface area contributed by atoms with E-state index in [1.54, 1.807) is 47.1 Å². The van der Waals surface area contributed by atoms with Crippen LogP contribution in [0, 0.1) is 0 Å². The van der Waals surface area contributed by atoms with Gasteiger partial charge in [-0.3, -0.25) is 19.4 Å². The minimum Gasteiger partial charge on any atom is -0.444 e. The van der Waals surface area contributed by atoms with E-state index < -0.39 is 5.60 Å². The fraction of sp³-hybridized carbons (Fsp3) is 0.567. The summed E-state index contributed by atoms with van der Waals surface area (Å²) in [6.07, 6.45) is 7.37. The van der Waals surface area contributed by atoms with Crippen molar-refractivity contribution in [2.24, 2.45) is 0 Å². The van der Waals surface area contributed by atoms with Gasteiger partial charge < -0.3 is 19.5 Å². The van der Waals surface area contributed by atoms with E-state index in [1.807, 2.05) is 26.8 Å². The van der Waals surface area contributed by atoms with Crippen LogP contribution in [0.25, 0.3) is 11.0 Å². The SMILES string of the molecule is CN(C)C(=O)c1cc2cnc(Nc3ccc(N4CC5CCC(CC4=O)N5C(=O)OC(C)(C)C)nn3)nc2n1C1CCCC1. The number of hydrogen-bond donors (Lipinski definition) is 1.